The minimum absolute atomic E-state index is 0.121. The van der Waals surface area contributed by atoms with Crippen LogP contribution in [0, 0.1) is 26.2 Å². The Balaban J connectivity index is 0.000000156. The van der Waals surface area contributed by atoms with E-state index in [-0.39, 0.29) is 5.41 Å². The Bertz CT molecular complexity index is 2450. The second-order valence-corrected chi connectivity index (χ2v) is 14.0. The first kappa shape index (κ1) is 35.6. The van der Waals surface area contributed by atoms with Gasteiger partial charge < -0.3 is 5.41 Å². The van der Waals surface area contributed by atoms with Crippen LogP contribution in [0.5, 0.6) is 0 Å². The van der Waals surface area contributed by atoms with Gasteiger partial charge in [0.2, 0.25) is 0 Å². The molecule has 3 aliphatic carbocycles. The molecule has 0 atom stereocenters. The summed E-state index contributed by atoms with van der Waals surface area (Å²) in [4.78, 5) is 0. The molecule has 0 aromatic heterocycles. The van der Waals surface area contributed by atoms with Gasteiger partial charge in [0.25, 0.3) is 0 Å². The zero-order valence-corrected chi connectivity index (χ0v) is 31.8. The van der Waals surface area contributed by atoms with Crippen molar-refractivity contribution in [1.82, 2.24) is 0 Å². The Hall–Kier alpha value is -5.79. The van der Waals surface area contributed by atoms with Crippen molar-refractivity contribution in [3.8, 4) is 11.1 Å². The largest absolute Gasteiger partial charge is 0.317 e. The van der Waals surface area contributed by atoms with Crippen molar-refractivity contribution in [2.45, 2.75) is 59.3 Å². The summed E-state index contributed by atoms with van der Waals surface area (Å²) in [6, 6.07) is 51.3. The first-order valence-electron chi connectivity index (χ1n) is 19.1. The van der Waals surface area contributed by atoms with Crippen molar-refractivity contribution in [3.05, 3.63) is 207 Å². The lowest BCUT2D eigenvalue weighted by Gasteiger charge is -2.33. The number of allylic oxidation sites excluding steroid dienone is 4. The highest BCUT2D eigenvalue weighted by molar-refractivity contribution is 6.17. The number of hydrogen-bond acceptors (Lipinski definition) is 1. The number of benzene rings is 7. The molecule has 3 aliphatic rings. The molecular formula is C52H49N. The van der Waals surface area contributed by atoms with Gasteiger partial charge in [-0.05, 0) is 141 Å². The van der Waals surface area contributed by atoms with Crippen LogP contribution in [0.2, 0.25) is 0 Å². The molecule has 7 aromatic rings. The van der Waals surface area contributed by atoms with E-state index in [1.165, 1.54) is 88.3 Å². The van der Waals surface area contributed by atoms with E-state index in [4.69, 9.17) is 5.41 Å². The summed E-state index contributed by atoms with van der Waals surface area (Å²) < 4.78 is 0. The lowest BCUT2D eigenvalue weighted by atomic mass is 9.67. The molecule has 0 saturated heterocycles. The topological polar surface area (TPSA) is 23.9 Å². The van der Waals surface area contributed by atoms with Gasteiger partial charge in [-0.15, -0.1) is 0 Å². The predicted octanol–water partition coefficient (Wildman–Crippen LogP) is 13.9. The van der Waals surface area contributed by atoms with Gasteiger partial charge in [0.1, 0.15) is 0 Å². The fraction of sp³-hybridized carbons (Fsp3) is 0.173. The molecule has 1 nitrogen and oxygen atoms in total. The molecule has 0 heterocycles. The average molecular weight is 688 g/mol. The molecule has 0 aliphatic heterocycles. The van der Waals surface area contributed by atoms with Crippen LogP contribution >= 0.6 is 0 Å². The molecule has 10 rings (SSSR count). The van der Waals surface area contributed by atoms with Crippen LogP contribution in [0.4, 0.5) is 0 Å². The zero-order chi connectivity index (χ0) is 37.1. The van der Waals surface area contributed by atoms with E-state index in [0.717, 1.165) is 19.3 Å². The van der Waals surface area contributed by atoms with Gasteiger partial charge in [-0.2, -0.15) is 0 Å². The van der Waals surface area contributed by atoms with Crippen LogP contribution in [-0.2, 0) is 11.8 Å². The van der Waals surface area contributed by atoms with Crippen LogP contribution in [-0.4, -0.2) is 6.72 Å². The van der Waals surface area contributed by atoms with Gasteiger partial charge in [0, 0.05) is 0 Å². The molecule has 7 aromatic carbocycles. The molecule has 0 amide bonds. The maximum absolute atomic E-state index is 5.50. The predicted molar refractivity (Wildman–Crippen MR) is 230 cm³/mol. The van der Waals surface area contributed by atoms with Crippen molar-refractivity contribution in [2.75, 3.05) is 0 Å². The molecule has 1 N–H and O–H groups in total. The van der Waals surface area contributed by atoms with Gasteiger partial charge in [-0.3, -0.25) is 0 Å². The minimum atomic E-state index is -0.121. The SMILES string of the molecule is C=N.CC.Cc1cccc2c1C1=C(CCC=C1)C21c2cccc3ccc4cccc1c4c23.Cc1ccccc1-c1cccc(Cc2ccccc2)c1C. The molecule has 1 heteroatoms. The number of aryl methyl sites for hydroxylation is 2. The van der Waals surface area contributed by atoms with Crippen LogP contribution in [0.25, 0.3) is 38.2 Å². The van der Waals surface area contributed by atoms with Gasteiger partial charge in [0.15, 0.2) is 0 Å². The van der Waals surface area contributed by atoms with Crippen LogP contribution in [0.1, 0.15) is 76.8 Å². The quantitative estimate of drug-likeness (QED) is 0.141. The fourth-order valence-corrected chi connectivity index (χ4v) is 9.19. The summed E-state index contributed by atoms with van der Waals surface area (Å²) in [6.45, 7) is 13.2. The summed E-state index contributed by atoms with van der Waals surface area (Å²) >= 11 is 0. The van der Waals surface area contributed by atoms with Crippen LogP contribution in [0.15, 0.2) is 157 Å². The molecule has 0 unspecified atom stereocenters. The maximum atomic E-state index is 5.50. The average Bonchev–Trinajstić information content (AvgIpc) is 3.70. The monoisotopic (exact) mass is 687 g/mol. The van der Waals surface area contributed by atoms with Crippen molar-refractivity contribution in [3.63, 3.8) is 0 Å². The zero-order valence-electron chi connectivity index (χ0n) is 31.8. The van der Waals surface area contributed by atoms with Gasteiger partial charge in [-0.1, -0.05) is 166 Å². The highest BCUT2D eigenvalue weighted by atomic mass is 14.5. The van der Waals surface area contributed by atoms with Crippen molar-refractivity contribution in [1.29, 1.82) is 5.41 Å². The third-order valence-corrected chi connectivity index (χ3v) is 11.4. The first-order valence-corrected chi connectivity index (χ1v) is 19.1. The molecule has 53 heavy (non-hydrogen) atoms. The van der Waals surface area contributed by atoms with Crippen molar-refractivity contribution < 1.29 is 0 Å². The van der Waals surface area contributed by atoms with Gasteiger partial charge in [0.05, 0.1) is 5.41 Å². The third kappa shape index (κ3) is 5.76. The Morgan fingerprint density at radius 3 is 1.81 bits per heavy atom. The van der Waals surface area contributed by atoms with E-state index in [2.05, 4.69) is 179 Å². The summed E-state index contributed by atoms with van der Waals surface area (Å²) in [5.74, 6) is 0. The van der Waals surface area contributed by atoms with E-state index >= 15 is 0 Å². The van der Waals surface area contributed by atoms with E-state index in [1.807, 2.05) is 13.8 Å². The Kier molecular flexibility index (Phi) is 10.1. The van der Waals surface area contributed by atoms with Gasteiger partial charge in [-0.25, -0.2) is 0 Å². The van der Waals surface area contributed by atoms with E-state index in [9.17, 15) is 0 Å². The molecule has 0 bridgehead atoms. The highest BCUT2D eigenvalue weighted by Crippen LogP contribution is 2.63. The Labute approximate surface area is 315 Å². The van der Waals surface area contributed by atoms with E-state index < -0.39 is 0 Å². The molecular weight excluding hydrogens is 639 g/mol. The lowest BCUT2D eigenvalue weighted by molar-refractivity contribution is 0.716. The standard InChI is InChI=1S/C28H20.C21H20.C2H6.CH3N/c1-17-7-4-12-22-25(17)20-10-2-3-11-21(20)28(22)23-13-5-8-18-15-16-19-9-6-14-24(28)27(19)26(18)23;1-16-9-6-7-13-20(16)21-14-8-12-19(17(21)2)15-18-10-4-3-5-11-18;2*1-2/h2,4-10,12-16H,3,11H2,1H3;3-14H,15H2,1-2H3;1-2H3;2H,1H2. The molecule has 0 fully saturated rings. The minimum Gasteiger partial charge on any atom is -0.317 e. The second kappa shape index (κ2) is 15.1. The molecule has 0 radical (unpaired) electrons. The fourth-order valence-electron chi connectivity index (χ4n) is 9.19. The van der Waals surface area contributed by atoms with Crippen LogP contribution < -0.4 is 0 Å². The van der Waals surface area contributed by atoms with E-state index in [0.29, 0.717) is 0 Å². The smallest absolute Gasteiger partial charge is 0.0689 e. The second-order valence-electron chi connectivity index (χ2n) is 14.0. The van der Waals surface area contributed by atoms with Crippen molar-refractivity contribution >= 4 is 33.8 Å². The number of rotatable bonds is 3. The summed E-state index contributed by atoms with van der Waals surface area (Å²) in [5, 5.41) is 11.2. The number of fused-ring (bicyclic) bond motifs is 6. The number of hydrogen-bond donors (Lipinski definition) is 1. The Morgan fingerprint density at radius 2 is 1.13 bits per heavy atom. The summed E-state index contributed by atoms with van der Waals surface area (Å²) in [6.07, 6.45) is 8.02. The van der Waals surface area contributed by atoms with Crippen LogP contribution in [0.3, 0.4) is 0 Å². The molecule has 0 saturated carbocycles. The highest BCUT2D eigenvalue weighted by Gasteiger charge is 2.51. The van der Waals surface area contributed by atoms with E-state index in [1.54, 1.807) is 5.57 Å². The molecule has 1 spiro atoms. The summed E-state index contributed by atoms with van der Waals surface area (Å²) in [5.41, 5.74) is 18.5. The molecule has 262 valence electrons. The normalized spacial score (nSPS) is 13.8. The third-order valence-electron chi connectivity index (χ3n) is 11.4. The maximum Gasteiger partial charge on any atom is 0.0689 e. The lowest BCUT2D eigenvalue weighted by Crippen LogP contribution is -2.28. The van der Waals surface area contributed by atoms with Gasteiger partial charge >= 0.3 is 0 Å². The summed E-state index contributed by atoms with van der Waals surface area (Å²) in [7, 11) is 0. The number of nitrogens with one attached hydrogen (secondary N) is 1. The van der Waals surface area contributed by atoms with Crippen molar-refractivity contribution in [2.24, 2.45) is 0 Å². The Morgan fingerprint density at radius 1 is 0.566 bits per heavy atom. The first-order chi connectivity index (χ1) is 26.1.